The van der Waals surface area contributed by atoms with Crippen LogP contribution in [0.3, 0.4) is 0 Å². The van der Waals surface area contributed by atoms with Crippen molar-refractivity contribution in [3.05, 3.63) is 22.9 Å². The first-order valence-electron chi connectivity index (χ1n) is 6.52. The number of nitrogens with zero attached hydrogens (tertiary/aromatic N) is 1. The maximum Gasteiger partial charge on any atom is 0.303 e. The van der Waals surface area contributed by atoms with Gasteiger partial charge >= 0.3 is 5.97 Å². The van der Waals surface area contributed by atoms with Crippen LogP contribution < -0.4 is 4.72 Å². The van der Waals surface area contributed by atoms with E-state index in [1.807, 2.05) is 13.8 Å². The first-order chi connectivity index (χ1) is 9.70. The Morgan fingerprint density at radius 1 is 1.43 bits per heavy atom. The summed E-state index contributed by atoms with van der Waals surface area (Å²) < 4.78 is 27.3. The molecule has 0 aliphatic rings. The molecule has 0 saturated heterocycles. The normalized spacial score (nSPS) is 13.3. The van der Waals surface area contributed by atoms with Crippen LogP contribution in [-0.4, -0.2) is 31.0 Å². The molecule has 1 atom stereocenters. The second-order valence-corrected chi connectivity index (χ2v) is 7.97. The molecule has 0 aliphatic heterocycles. The van der Waals surface area contributed by atoms with Crippen LogP contribution >= 0.6 is 15.9 Å². The van der Waals surface area contributed by atoms with Crippen LogP contribution in [-0.2, 0) is 14.8 Å². The third kappa shape index (κ3) is 6.54. The van der Waals surface area contributed by atoms with Crippen molar-refractivity contribution in [2.45, 2.75) is 31.6 Å². The maximum absolute atomic E-state index is 12.1. The quantitative estimate of drug-likeness (QED) is 0.722. The molecule has 0 aliphatic carbocycles. The molecule has 2 N–H and O–H groups in total. The maximum atomic E-state index is 12.1. The smallest absolute Gasteiger partial charge is 0.303 e. The fraction of sp³-hybridized carbons (Fsp3) is 0.538. The molecule has 0 fully saturated rings. The zero-order valence-electron chi connectivity index (χ0n) is 11.9. The van der Waals surface area contributed by atoms with Crippen molar-refractivity contribution in [3.63, 3.8) is 0 Å². The average Bonchev–Trinajstić information content (AvgIpc) is 2.35. The van der Waals surface area contributed by atoms with Crippen LogP contribution in [0.25, 0.3) is 0 Å². The third-order valence-corrected chi connectivity index (χ3v) is 4.64. The lowest BCUT2D eigenvalue weighted by molar-refractivity contribution is -0.138. The summed E-state index contributed by atoms with van der Waals surface area (Å²) in [7, 11) is -3.68. The van der Waals surface area contributed by atoms with Gasteiger partial charge in [0, 0.05) is 29.8 Å². The van der Waals surface area contributed by atoms with Crippen LogP contribution in [0.5, 0.6) is 0 Å². The molecule has 0 unspecified atom stereocenters. The Labute approximate surface area is 133 Å². The van der Waals surface area contributed by atoms with E-state index < -0.39 is 16.0 Å². The fourth-order valence-corrected chi connectivity index (χ4v) is 3.62. The molecule has 0 amide bonds. The van der Waals surface area contributed by atoms with E-state index in [-0.39, 0.29) is 23.8 Å². The number of hydrogen-bond acceptors (Lipinski definition) is 4. The fourth-order valence-electron chi connectivity index (χ4n) is 2.00. The molecule has 0 radical (unpaired) electrons. The van der Waals surface area contributed by atoms with E-state index in [9.17, 15) is 13.2 Å². The molecule has 1 aromatic rings. The molecule has 6 nitrogen and oxygen atoms in total. The Morgan fingerprint density at radius 3 is 2.62 bits per heavy atom. The molecule has 0 bridgehead atoms. The van der Waals surface area contributed by atoms with E-state index in [4.69, 9.17) is 5.11 Å². The van der Waals surface area contributed by atoms with Gasteiger partial charge in [0.25, 0.3) is 0 Å². The molecule has 1 rings (SSSR count). The Kier molecular flexibility index (Phi) is 6.76. The van der Waals surface area contributed by atoms with E-state index >= 15 is 0 Å². The zero-order valence-corrected chi connectivity index (χ0v) is 14.3. The topological polar surface area (TPSA) is 96.4 Å². The third-order valence-electron chi connectivity index (χ3n) is 2.82. The Hall–Kier alpha value is -0.990. The number of carbonyl (C=O) groups is 1. The van der Waals surface area contributed by atoms with Crippen LogP contribution in [0, 0.1) is 11.8 Å². The first kappa shape index (κ1) is 18.1. The standard InChI is InChI=1S/C13H19BrN2O4S/c1-9(2)3-10(4-13(17)18)6-16-21(19,20)12-5-11(14)7-15-8-12/h5,7-10,16H,3-4,6H2,1-2H3,(H,17,18)/t10-/m0/s1. The van der Waals surface area contributed by atoms with Crippen molar-refractivity contribution < 1.29 is 18.3 Å². The van der Waals surface area contributed by atoms with Gasteiger partial charge in [-0.3, -0.25) is 9.78 Å². The van der Waals surface area contributed by atoms with Crippen LogP contribution in [0.2, 0.25) is 0 Å². The SMILES string of the molecule is CC(C)C[C@H](CNS(=O)(=O)c1cncc(Br)c1)CC(=O)O. The summed E-state index contributed by atoms with van der Waals surface area (Å²) in [5, 5.41) is 8.89. The second kappa shape index (κ2) is 7.86. The minimum Gasteiger partial charge on any atom is -0.481 e. The number of aromatic nitrogens is 1. The highest BCUT2D eigenvalue weighted by Gasteiger charge is 2.20. The predicted molar refractivity (Wildman–Crippen MR) is 82.3 cm³/mol. The van der Waals surface area contributed by atoms with E-state index in [0.717, 1.165) is 0 Å². The van der Waals surface area contributed by atoms with Gasteiger partial charge in [-0.1, -0.05) is 13.8 Å². The minimum absolute atomic E-state index is 0.0514. The molecule has 1 aromatic heterocycles. The summed E-state index contributed by atoms with van der Waals surface area (Å²) in [4.78, 5) is 14.7. The average molecular weight is 379 g/mol. The lowest BCUT2D eigenvalue weighted by Crippen LogP contribution is -2.31. The number of rotatable bonds is 8. The van der Waals surface area contributed by atoms with Gasteiger partial charge in [-0.25, -0.2) is 13.1 Å². The summed E-state index contributed by atoms with van der Waals surface area (Å²) >= 11 is 3.17. The number of pyridine rings is 1. The minimum atomic E-state index is -3.68. The second-order valence-electron chi connectivity index (χ2n) is 5.28. The molecular formula is C13H19BrN2O4S. The highest BCUT2D eigenvalue weighted by Crippen LogP contribution is 2.17. The lowest BCUT2D eigenvalue weighted by atomic mass is 9.94. The number of nitrogens with one attached hydrogen (secondary N) is 1. The largest absolute Gasteiger partial charge is 0.481 e. The number of aliphatic carboxylic acids is 1. The number of carboxylic acids is 1. The molecule has 21 heavy (non-hydrogen) atoms. The Morgan fingerprint density at radius 2 is 2.10 bits per heavy atom. The van der Waals surface area contributed by atoms with Gasteiger partial charge in [0.15, 0.2) is 0 Å². The van der Waals surface area contributed by atoms with Gasteiger partial charge in [0.1, 0.15) is 4.90 Å². The number of hydrogen-bond donors (Lipinski definition) is 2. The van der Waals surface area contributed by atoms with E-state index in [1.165, 1.54) is 18.5 Å². The summed E-state index contributed by atoms with van der Waals surface area (Å²) in [5.41, 5.74) is 0. The van der Waals surface area contributed by atoms with E-state index in [0.29, 0.717) is 16.8 Å². The number of sulfonamides is 1. The highest BCUT2D eigenvalue weighted by molar-refractivity contribution is 9.10. The van der Waals surface area contributed by atoms with Crippen molar-refractivity contribution in [2.24, 2.45) is 11.8 Å². The van der Waals surface area contributed by atoms with Crippen LogP contribution in [0.4, 0.5) is 0 Å². The van der Waals surface area contributed by atoms with E-state index in [2.05, 4.69) is 25.6 Å². The summed E-state index contributed by atoms with van der Waals surface area (Å²) in [6.07, 6.45) is 3.33. The van der Waals surface area contributed by atoms with Gasteiger partial charge in [-0.2, -0.15) is 0 Å². The molecule has 0 spiro atoms. The van der Waals surface area contributed by atoms with Gasteiger partial charge in [-0.05, 0) is 40.3 Å². The predicted octanol–water partition coefficient (Wildman–Crippen LogP) is 2.26. The van der Waals surface area contributed by atoms with Gasteiger partial charge in [0.2, 0.25) is 10.0 Å². The van der Waals surface area contributed by atoms with Crippen molar-refractivity contribution >= 4 is 31.9 Å². The number of halogens is 1. The highest BCUT2D eigenvalue weighted by atomic mass is 79.9. The monoisotopic (exact) mass is 378 g/mol. The molecular weight excluding hydrogens is 360 g/mol. The van der Waals surface area contributed by atoms with Crippen molar-refractivity contribution in [2.75, 3.05) is 6.54 Å². The first-order valence-corrected chi connectivity index (χ1v) is 8.80. The van der Waals surface area contributed by atoms with Crippen molar-refractivity contribution in [1.82, 2.24) is 9.71 Å². The van der Waals surface area contributed by atoms with Gasteiger partial charge in [0.05, 0.1) is 0 Å². The molecule has 0 saturated carbocycles. The van der Waals surface area contributed by atoms with Crippen LogP contribution in [0.1, 0.15) is 26.7 Å². The van der Waals surface area contributed by atoms with E-state index in [1.54, 1.807) is 0 Å². The lowest BCUT2D eigenvalue weighted by Gasteiger charge is -2.17. The Bertz CT molecular complexity index is 590. The van der Waals surface area contributed by atoms with Crippen molar-refractivity contribution in [3.8, 4) is 0 Å². The molecule has 0 aromatic carbocycles. The van der Waals surface area contributed by atoms with Gasteiger partial charge < -0.3 is 5.11 Å². The van der Waals surface area contributed by atoms with Gasteiger partial charge in [-0.15, -0.1) is 0 Å². The zero-order chi connectivity index (χ0) is 16.0. The molecule has 1 heterocycles. The van der Waals surface area contributed by atoms with Crippen molar-refractivity contribution in [1.29, 1.82) is 0 Å². The Balaban J connectivity index is 2.75. The summed E-state index contributed by atoms with van der Waals surface area (Å²) in [6, 6.07) is 1.45. The number of carboxylic acid groups (broad SMARTS) is 1. The molecule has 8 heteroatoms. The summed E-state index contributed by atoms with van der Waals surface area (Å²) in [5.74, 6) is -0.868. The summed E-state index contributed by atoms with van der Waals surface area (Å²) in [6.45, 7) is 4.04. The molecule has 118 valence electrons. The van der Waals surface area contributed by atoms with Crippen LogP contribution in [0.15, 0.2) is 27.8 Å².